The van der Waals surface area contributed by atoms with Crippen LogP contribution in [0.4, 0.5) is 0 Å². The third-order valence-electron chi connectivity index (χ3n) is 8.42. The van der Waals surface area contributed by atoms with Crippen LogP contribution < -0.4 is 0 Å². The standard InChI is InChI=1S/C38H24O4S2/c39-43(40)33-17-9-7-15-29(33)31-23-27(19-21-35(31)43)37(25-11-3-1-4-12-25)38(26-13-5-2-6-14-26)28-20-22-36-32(24-28)30-16-8-10-18-34(30)44(36,41)42/h1-24H/b38-37+. The number of sulfone groups is 2. The highest BCUT2D eigenvalue weighted by molar-refractivity contribution is 7.92. The largest absolute Gasteiger partial charge is 0.218 e. The Morgan fingerprint density at radius 1 is 0.318 bits per heavy atom. The number of rotatable bonds is 4. The summed E-state index contributed by atoms with van der Waals surface area (Å²) in [5, 5.41) is 0. The molecule has 0 saturated heterocycles. The maximum Gasteiger partial charge on any atom is 0.207 e. The summed E-state index contributed by atoms with van der Waals surface area (Å²) in [6.45, 7) is 0. The molecular formula is C38H24O4S2. The van der Waals surface area contributed by atoms with Crippen LogP contribution in [0.5, 0.6) is 0 Å². The van der Waals surface area contributed by atoms with Gasteiger partial charge in [-0.3, -0.25) is 0 Å². The molecule has 0 atom stereocenters. The molecule has 2 aliphatic heterocycles. The number of hydrogen-bond acceptors (Lipinski definition) is 4. The summed E-state index contributed by atoms with van der Waals surface area (Å²) in [6.07, 6.45) is 0. The van der Waals surface area contributed by atoms with Gasteiger partial charge in [0.15, 0.2) is 0 Å². The van der Waals surface area contributed by atoms with Crippen molar-refractivity contribution in [2.45, 2.75) is 19.6 Å². The monoisotopic (exact) mass is 608 g/mol. The molecule has 0 radical (unpaired) electrons. The van der Waals surface area contributed by atoms with Gasteiger partial charge in [-0.05, 0) is 69.8 Å². The van der Waals surface area contributed by atoms with Crippen LogP contribution in [0.15, 0.2) is 165 Å². The molecule has 44 heavy (non-hydrogen) atoms. The molecule has 2 heterocycles. The molecule has 0 spiro atoms. The summed E-state index contributed by atoms with van der Waals surface area (Å²) in [4.78, 5) is 1.24. The van der Waals surface area contributed by atoms with E-state index in [1.807, 2.05) is 109 Å². The van der Waals surface area contributed by atoms with Crippen LogP contribution in [-0.4, -0.2) is 16.8 Å². The zero-order valence-corrected chi connectivity index (χ0v) is 24.9. The van der Waals surface area contributed by atoms with E-state index < -0.39 is 19.7 Å². The highest BCUT2D eigenvalue weighted by Gasteiger charge is 2.35. The molecule has 0 amide bonds. The van der Waals surface area contributed by atoms with Crippen molar-refractivity contribution in [3.05, 3.63) is 168 Å². The van der Waals surface area contributed by atoms with Crippen LogP contribution in [0.3, 0.4) is 0 Å². The van der Waals surface area contributed by atoms with Crippen molar-refractivity contribution in [1.82, 2.24) is 0 Å². The quantitative estimate of drug-likeness (QED) is 0.189. The molecule has 0 bridgehead atoms. The van der Waals surface area contributed by atoms with Gasteiger partial charge in [0.05, 0.1) is 19.6 Å². The minimum atomic E-state index is -3.62. The molecule has 6 heteroatoms. The Balaban J connectivity index is 1.46. The molecule has 6 aromatic rings. The van der Waals surface area contributed by atoms with E-state index in [0.29, 0.717) is 41.8 Å². The van der Waals surface area contributed by atoms with Gasteiger partial charge in [0, 0.05) is 22.3 Å². The Morgan fingerprint density at radius 3 is 1.07 bits per heavy atom. The minimum Gasteiger partial charge on any atom is -0.218 e. The molecule has 4 nitrogen and oxygen atoms in total. The van der Waals surface area contributed by atoms with Crippen LogP contribution in [0.2, 0.25) is 0 Å². The van der Waals surface area contributed by atoms with Crippen molar-refractivity contribution >= 4 is 30.8 Å². The fourth-order valence-corrected chi connectivity index (χ4v) is 9.80. The lowest BCUT2D eigenvalue weighted by Crippen LogP contribution is -2.00. The summed E-state index contributed by atoms with van der Waals surface area (Å²) >= 11 is 0. The third kappa shape index (κ3) is 3.88. The zero-order chi connectivity index (χ0) is 30.1. The van der Waals surface area contributed by atoms with Crippen LogP contribution in [-0.2, 0) is 19.7 Å². The molecule has 212 valence electrons. The van der Waals surface area contributed by atoms with Gasteiger partial charge in [-0.1, -0.05) is 109 Å². The van der Waals surface area contributed by atoms with E-state index in [0.717, 1.165) is 33.4 Å². The van der Waals surface area contributed by atoms with Gasteiger partial charge in [-0.25, -0.2) is 16.8 Å². The predicted octanol–water partition coefficient (Wildman–Crippen LogP) is 8.32. The SMILES string of the molecule is O=S1(=O)c2ccccc2-c2cc(/C(=C(\c3ccccc3)c3ccc4c(c3)-c3ccccc3S4(=O)=O)c3ccccc3)ccc21. The van der Waals surface area contributed by atoms with Gasteiger partial charge in [0.1, 0.15) is 0 Å². The molecule has 6 aromatic carbocycles. The van der Waals surface area contributed by atoms with Crippen molar-refractivity contribution in [3.63, 3.8) is 0 Å². The summed E-state index contributed by atoms with van der Waals surface area (Å²) in [7, 11) is -7.23. The number of benzene rings is 6. The second-order valence-corrected chi connectivity index (χ2v) is 14.7. The average Bonchev–Trinajstić information content (AvgIpc) is 3.43. The van der Waals surface area contributed by atoms with Gasteiger partial charge in [0.25, 0.3) is 0 Å². The highest BCUT2D eigenvalue weighted by Crippen LogP contribution is 2.48. The van der Waals surface area contributed by atoms with E-state index in [9.17, 15) is 16.8 Å². The van der Waals surface area contributed by atoms with Gasteiger partial charge < -0.3 is 0 Å². The van der Waals surface area contributed by atoms with E-state index in [1.54, 1.807) is 36.4 Å². The topological polar surface area (TPSA) is 68.3 Å². The van der Waals surface area contributed by atoms with Crippen molar-refractivity contribution < 1.29 is 16.8 Å². The first-order valence-electron chi connectivity index (χ1n) is 14.2. The van der Waals surface area contributed by atoms with Gasteiger partial charge in [-0.2, -0.15) is 0 Å². The molecule has 0 fully saturated rings. The predicted molar refractivity (Wildman–Crippen MR) is 173 cm³/mol. The Kier molecular flexibility index (Phi) is 5.88. The highest BCUT2D eigenvalue weighted by atomic mass is 32.2. The number of hydrogen-bond donors (Lipinski definition) is 0. The van der Waals surface area contributed by atoms with E-state index in [1.165, 1.54) is 0 Å². The Hall–Kier alpha value is -5.04. The van der Waals surface area contributed by atoms with Crippen molar-refractivity contribution in [2.75, 3.05) is 0 Å². The second kappa shape index (κ2) is 9.74. The molecule has 2 aliphatic rings. The molecular weight excluding hydrogens is 585 g/mol. The van der Waals surface area contributed by atoms with Gasteiger partial charge in [-0.15, -0.1) is 0 Å². The smallest absolute Gasteiger partial charge is 0.207 e. The second-order valence-electron chi connectivity index (χ2n) is 10.9. The summed E-state index contributed by atoms with van der Waals surface area (Å²) < 4.78 is 53.6. The fourth-order valence-electron chi connectivity index (χ4n) is 6.46. The first-order chi connectivity index (χ1) is 21.4. The summed E-state index contributed by atoms with van der Waals surface area (Å²) in [5.41, 5.74) is 8.17. The van der Waals surface area contributed by atoms with Crippen LogP contribution in [0.25, 0.3) is 33.4 Å². The van der Waals surface area contributed by atoms with E-state index in [4.69, 9.17) is 0 Å². The molecule has 0 N–H and O–H groups in total. The summed E-state index contributed by atoms with van der Waals surface area (Å²) in [6, 6.07) is 45.4. The van der Waals surface area contributed by atoms with Crippen LogP contribution >= 0.6 is 0 Å². The minimum absolute atomic E-state index is 0.301. The lowest BCUT2D eigenvalue weighted by molar-refractivity contribution is 0.597. The summed E-state index contributed by atoms with van der Waals surface area (Å²) in [5.74, 6) is 0. The van der Waals surface area contributed by atoms with Crippen molar-refractivity contribution in [2.24, 2.45) is 0 Å². The van der Waals surface area contributed by atoms with Gasteiger partial charge in [0.2, 0.25) is 19.7 Å². The Morgan fingerprint density at radius 2 is 0.659 bits per heavy atom. The van der Waals surface area contributed by atoms with E-state index in [2.05, 4.69) is 0 Å². The Bertz CT molecular complexity index is 2220. The average molecular weight is 609 g/mol. The lowest BCUT2D eigenvalue weighted by Gasteiger charge is -2.19. The fraction of sp³-hybridized carbons (Fsp3) is 0. The molecule has 0 saturated carbocycles. The maximum absolute atomic E-state index is 13.4. The van der Waals surface area contributed by atoms with Crippen LogP contribution in [0, 0.1) is 0 Å². The first kappa shape index (κ1) is 26.6. The number of fused-ring (bicyclic) bond motifs is 6. The van der Waals surface area contributed by atoms with Crippen LogP contribution in [0.1, 0.15) is 22.3 Å². The normalized spacial score (nSPS) is 15.5. The Labute approximate surface area is 256 Å². The maximum atomic E-state index is 13.4. The third-order valence-corrected chi connectivity index (χ3v) is 12.2. The molecule has 0 aliphatic carbocycles. The lowest BCUT2D eigenvalue weighted by atomic mass is 9.84. The van der Waals surface area contributed by atoms with E-state index >= 15 is 0 Å². The van der Waals surface area contributed by atoms with Gasteiger partial charge >= 0.3 is 0 Å². The molecule has 0 unspecified atom stereocenters. The van der Waals surface area contributed by atoms with Crippen molar-refractivity contribution in [3.8, 4) is 22.3 Å². The van der Waals surface area contributed by atoms with E-state index in [-0.39, 0.29) is 0 Å². The molecule has 0 aromatic heterocycles. The van der Waals surface area contributed by atoms with Crippen molar-refractivity contribution in [1.29, 1.82) is 0 Å². The first-order valence-corrected chi connectivity index (χ1v) is 17.2. The molecule has 8 rings (SSSR count). The zero-order valence-electron chi connectivity index (χ0n) is 23.3.